The molecule has 0 amide bonds. The molecule has 2 N–H and O–H groups in total. The molecular formula is C17H16N4O. The summed E-state index contributed by atoms with van der Waals surface area (Å²) in [6.07, 6.45) is 2.34. The first-order valence-corrected chi connectivity index (χ1v) is 7.03. The fourth-order valence-electron chi connectivity index (χ4n) is 2.30. The van der Waals surface area contributed by atoms with Gasteiger partial charge in [-0.3, -0.25) is 0 Å². The van der Waals surface area contributed by atoms with Gasteiger partial charge in [-0.1, -0.05) is 60.7 Å². The van der Waals surface area contributed by atoms with Gasteiger partial charge in [0.2, 0.25) is 5.95 Å². The van der Waals surface area contributed by atoms with Crippen LogP contribution in [0.4, 0.5) is 5.95 Å². The SMILES string of the molecule is O[C@@H](c1ccccc1)[C@@H](Nc1nccnn1)c1ccccc1. The minimum Gasteiger partial charge on any atom is -0.386 e. The number of nitrogens with one attached hydrogen (secondary N) is 1. The first kappa shape index (κ1) is 14.2. The van der Waals surface area contributed by atoms with Gasteiger partial charge < -0.3 is 10.4 Å². The second-order valence-electron chi connectivity index (χ2n) is 4.85. The number of nitrogens with zero attached hydrogens (tertiary/aromatic N) is 3. The number of aliphatic hydroxyl groups excluding tert-OH is 1. The molecule has 0 spiro atoms. The van der Waals surface area contributed by atoms with Gasteiger partial charge in [0, 0.05) is 0 Å². The van der Waals surface area contributed by atoms with E-state index >= 15 is 0 Å². The quantitative estimate of drug-likeness (QED) is 0.756. The van der Waals surface area contributed by atoms with Crippen LogP contribution in [0, 0.1) is 0 Å². The smallest absolute Gasteiger partial charge is 0.243 e. The minimum absolute atomic E-state index is 0.368. The maximum Gasteiger partial charge on any atom is 0.243 e. The summed E-state index contributed by atoms with van der Waals surface area (Å²) in [4.78, 5) is 4.12. The van der Waals surface area contributed by atoms with E-state index in [2.05, 4.69) is 20.5 Å². The summed E-state index contributed by atoms with van der Waals surface area (Å²) in [6, 6.07) is 18.9. The molecule has 0 saturated heterocycles. The molecule has 0 aliphatic rings. The molecule has 0 fully saturated rings. The average molecular weight is 292 g/mol. The number of benzene rings is 2. The van der Waals surface area contributed by atoms with Gasteiger partial charge in [0.25, 0.3) is 0 Å². The van der Waals surface area contributed by atoms with E-state index in [9.17, 15) is 5.11 Å². The van der Waals surface area contributed by atoms with E-state index in [1.807, 2.05) is 60.7 Å². The second-order valence-corrected chi connectivity index (χ2v) is 4.85. The molecule has 2 atom stereocenters. The van der Waals surface area contributed by atoms with E-state index in [0.29, 0.717) is 5.95 Å². The van der Waals surface area contributed by atoms with Crippen LogP contribution < -0.4 is 5.32 Å². The predicted molar refractivity (Wildman–Crippen MR) is 84.0 cm³/mol. The first-order valence-electron chi connectivity index (χ1n) is 7.03. The van der Waals surface area contributed by atoms with Gasteiger partial charge in [-0.25, -0.2) is 4.98 Å². The van der Waals surface area contributed by atoms with E-state index in [1.54, 1.807) is 6.20 Å². The standard InChI is InChI=1S/C17H16N4O/c22-16(14-9-5-2-6-10-14)15(13-7-3-1-4-8-13)20-17-18-11-12-19-21-17/h1-12,15-16,22H,(H,18,20,21)/t15-,16-/m0/s1. The molecule has 22 heavy (non-hydrogen) atoms. The summed E-state index contributed by atoms with van der Waals surface area (Å²) in [6.45, 7) is 0. The highest BCUT2D eigenvalue weighted by Crippen LogP contribution is 2.30. The lowest BCUT2D eigenvalue weighted by Gasteiger charge is -2.24. The molecular weight excluding hydrogens is 276 g/mol. The Balaban J connectivity index is 1.93. The van der Waals surface area contributed by atoms with Crippen molar-refractivity contribution < 1.29 is 5.11 Å². The zero-order valence-electron chi connectivity index (χ0n) is 11.9. The zero-order valence-corrected chi connectivity index (χ0v) is 11.9. The Morgan fingerprint density at radius 1 is 0.818 bits per heavy atom. The van der Waals surface area contributed by atoms with Crippen molar-refractivity contribution in [1.82, 2.24) is 15.2 Å². The highest BCUT2D eigenvalue weighted by Gasteiger charge is 2.23. The fraction of sp³-hybridized carbons (Fsp3) is 0.118. The van der Waals surface area contributed by atoms with E-state index in [0.717, 1.165) is 11.1 Å². The summed E-state index contributed by atoms with van der Waals surface area (Å²) in [5.74, 6) is 0.381. The molecule has 2 aromatic carbocycles. The molecule has 1 heterocycles. The Bertz CT molecular complexity index is 692. The Morgan fingerprint density at radius 2 is 1.45 bits per heavy atom. The van der Waals surface area contributed by atoms with Crippen molar-refractivity contribution in [1.29, 1.82) is 0 Å². The van der Waals surface area contributed by atoms with Crippen molar-refractivity contribution in [3.05, 3.63) is 84.2 Å². The molecule has 0 radical (unpaired) electrons. The number of anilines is 1. The minimum atomic E-state index is -0.729. The normalized spacial score (nSPS) is 13.3. The Kier molecular flexibility index (Phi) is 4.36. The molecule has 0 aliphatic carbocycles. The first-order chi connectivity index (χ1) is 10.8. The van der Waals surface area contributed by atoms with Gasteiger partial charge in [0.15, 0.2) is 0 Å². The lowest BCUT2D eigenvalue weighted by Crippen LogP contribution is -2.20. The van der Waals surface area contributed by atoms with E-state index in [-0.39, 0.29) is 6.04 Å². The van der Waals surface area contributed by atoms with Gasteiger partial charge in [0.1, 0.15) is 6.10 Å². The van der Waals surface area contributed by atoms with Gasteiger partial charge in [-0.05, 0) is 11.1 Å². The lowest BCUT2D eigenvalue weighted by atomic mass is 9.96. The molecule has 0 unspecified atom stereocenters. The van der Waals surface area contributed by atoms with Crippen LogP contribution in [-0.2, 0) is 0 Å². The van der Waals surface area contributed by atoms with Crippen LogP contribution in [0.5, 0.6) is 0 Å². The lowest BCUT2D eigenvalue weighted by molar-refractivity contribution is 0.154. The monoisotopic (exact) mass is 292 g/mol. The third kappa shape index (κ3) is 3.27. The number of aliphatic hydroxyl groups is 1. The summed E-state index contributed by atoms with van der Waals surface area (Å²) >= 11 is 0. The molecule has 1 aromatic heterocycles. The maximum atomic E-state index is 10.8. The Labute approximate surface area is 128 Å². The number of rotatable bonds is 5. The van der Waals surface area contributed by atoms with Crippen molar-refractivity contribution in [3.8, 4) is 0 Å². The van der Waals surface area contributed by atoms with Crippen LogP contribution in [0.25, 0.3) is 0 Å². The van der Waals surface area contributed by atoms with Crippen LogP contribution >= 0.6 is 0 Å². The van der Waals surface area contributed by atoms with E-state index < -0.39 is 6.10 Å². The third-order valence-electron chi connectivity index (χ3n) is 3.38. The topological polar surface area (TPSA) is 70.9 Å². The van der Waals surface area contributed by atoms with Gasteiger partial charge in [0.05, 0.1) is 18.4 Å². The predicted octanol–water partition coefficient (Wildman–Crippen LogP) is 2.76. The maximum absolute atomic E-state index is 10.8. The van der Waals surface area contributed by atoms with E-state index in [4.69, 9.17) is 0 Å². The fourth-order valence-corrected chi connectivity index (χ4v) is 2.30. The summed E-state index contributed by atoms with van der Waals surface area (Å²) in [5.41, 5.74) is 1.78. The van der Waals surface area contributed by atoms with Crippen molar-refractivity contribution >= 4 is 5.95 Å². The molecule has 3 rings (SSSR count). The van der Waals surface area contributed by atoms with Crippen LogP contribution in [0.2, 0.25) is 0 Å². The van der Waals surface area contributed by atoms with Crippen LogP contribution in [0.15, 0.2) is 73.1 Å². The molecule has 5 nitrogen and oxygen atoms in total. The van der Waals surface area contributed by atoms with Gasteiger partial charge in [-0.2, -0.15) is 5.10 Å². The molecule has 0 aliphatic heterocycles. The largest absolute Gasteiger partial charge is 0.386 e. The molecule has 0 saturated carbocycles. The van der Waals surface area contributed by atoms with Crippen molar-refractivity contribution in [2.24, 2.45) is 0 Å². The molecule has 110 valence electrons. The summed E-state index contributed by atoms with van der Waals surface area (Å²) in [5, 5.41) is 21.7. The molecule has 3 aromatic rings. The Hall–Kier alpha value is -2.79. The number of hydrogen-bond donors (Lipinski definition) is 2. The van der Waals surface area contributed by atoms with Crippen molar-refractivity contribution in [2.45, 2.75) is 12.1 Å². The molecule has 5 heteroatoms. The number of hydrogen-bond acceptors (Lipinski definition) is 5. The Morgan fingerprint density at radius 3 is 2.05 bits per heavy atom. The highest BCUT2D eigenvalue weighted by atomic mass is 16.3. The summed E-state index contributed by atoms with van der Waals surface area (Å²) in [7, 11) is 0. The van der Waals surface area contributed by atoms with Crippen LogP contribution in [0.1, 0.15) is 23.3 Å². The van der Waals surface area contributed by atoms with Gasteiger partial charge in [-0.15, -0.1) is 5.10 Å². The highest BCUT2D eigenvalue weighted by molar-refractivity contribution is 5.34. The van der Waals surface area contributed by atoms with Crippen LogP contribution in [0.3, 0.4) is 0 Å². The number of aromatic nitrogens is 3. The van der Waals surface area contributed by atoms with Gasteiger partial charge >= 0.3 is 0 Å². The summed E-state index contributed by atoms with van der Waals surface area (Å²) < 4.78 is 0. The average Bonchev–Trinajstić information content (AvgIpc) is 2.61. The third-order valence-corrected chi connectivity index (χ3v) is 3.38. The zero-order chi connectivity index (χ0) is 15.2. The van der Waals surface area contributed by atoms with Crippen molar-refractivity contribution in [2.75, 3.05) is 5.32 Å². The van der Waals surface area contributed by atoms with Crippen molar-refractivity contribution in [3.63, 3.8) is 0 Å². The van der Waals surface area contributed by atoms with E-state index in [1.165, 1.54) is 6.20 Å². The second kappa shape index (κ2) is 6.78. The van der Waals surface area contributed by atoms with Crippen LogP contribution in [-0.4, -0.2) is 20.3 Å². The molecule has 0 bridgehead atoms.